The molecule has 1 heterocycles. The van der Waals surface area contributed by atoms with Gasteiger partial charge in [-0.1, -0.05) is 6.92 Å². The fourth-order valence-electron chi connectivity index (χ4n) is 2.03. The number of sulfone groups is 1. The third-order valence-electron chi connectivity index (χ3n) is 3.54. The van der Waals surface area contributed by atoms with E-state index in [-0.39, 0.29) is 24.2 Å². The quantitative estimate of drug-likeness (QED) is 0.819. The Morgan fingerprint density at radius 3 is 2.67 bits per heavy atom. The van der Waals surface area contributed by atoms with Crippen molar-refractivity contribution in [1.29, 1.82) is 0 Å². The lowest BCUT2D eigenvalue weighted by atomic mass is 10.1. The molecular formula is C14H19NO5S. The first-order valence-corrected chi connectivity index (χ1v) is 8.53. The summed E-state index contributed by atoms with van der Waals surface area (Å²) in [6, 6.07) is 4.54. The summed E-state index contributed by atoms with van der Waals surface area (Å²) in [6.07, 6.45) is 0. The van der Waals surface area contributed by atoms with Crippen LogP contribution in [-0.4, -0.2) is 50.6 Å². The van der Waals surface area contributed by atoms with Gasteiger partial charge in [0.2, 0.25) is 6.79 Å². The molecule has 1 amide bonds. The van der Waals surface area contributed by atoms with Crippen LogP contribution in [0.3, 0.4) is 0 Å². The number of rotatable bonds is 5. The van der Waals surface area contributed by atoms with E-state index in [2.05, 4.69) is 0 Å². The number of carbonyl (C=O) groups excluding carboxylic acids is 1. The number of hydrogen-bond donors (Lipinski definition) is 0. The lowest BCUT2D eigenvalue weighted by Gasteiger charge is -2.24. The number of benzene rings is 1. The molecule has 116 valence electrons. The summed E-state index contributed by atoms with van der Waals surface area (Å²) in [5.41, 5.74) is 0.447. The van der Waals surface area contributed by atoms with Crippen molar-refractivity contribution < 1.29 is 22.7 Å². The average molecular weight is 313 g/mol. The molecule has 6 nitrogen and oxygen atoms in total. The van der Waals surface area contributed by atoms with Crippen LogP contribution in [0.1, 0.15) is 24.2 Å². The number of ether oxygens (including phenoxy) is 2. The Morgan fingerprint density at radius 1 is 1.33 bits per heavy atom. The molecule has 0 aliphatic carbocycles. The Morgan fingerprint density at radius 2 is 2.00 bits per heavy atom. The van der Waals surface area contributed by atoms with Crippen LogP contribution in [0.4, 0.5) is 0 Å². The summed E-state index contributed by atoms with van der Waals surface area (Å²) in [5, 5.41) is 0. The van der Waals surface area contributed by atoms with Gasteiger partial charge in [-0.3, -0.25) is 4.79 Å². The van der Waals surface area contributed by atoms with Crippen molar-refractivity contribution in [2.45, 2.75) is 19.9 Å². The highest BCUT2D eigenvalue weighted by atomic mass is 32.2. The molecule has 1 aromatic carbocycles. The van der Waals surface area contributed by atoms with E-state index in [4.69, 9.17) is 9.47 Å². The van der Waals surface area contributed by atoms with Gasteiger partial charge in [-0.25, -0.2) is 8.42 Å². The van der Waals surface area contributed by atoms with Crippen LogP contribution in [0, 0.1) is 0 Å². The number of amides is 1. The van der Waals surface area contributed by atoms with Crippen molar-refractivity contribution in [1.82, 2.24) is 4.90 Å². The summed E-state index contributed by atoms with van der Waals surface area (Å²) in [7, 11) is -1.53. The highest BCUT2D eigenvalue weighted by Gasteiger charge is 2.24. The van der Waals surface area contributed by atoms with Crippen molar-refractivity contribution >= 4 is 15.7 Å². The largest absolute Gasteiger partial charge is 0.454 e. The zero-order valence-electron chi connectivity index (χ0n) is 12.3. The first kappa shape index (κ1) is 15.6. The molecule has 21 heavy (non-hydrogen) atoms. The molecule has 7 heteroatoms. The van der Waals surface area contributed by atoms with E-state index in [1.807, 2.05) is 0 Å². The lowest BCUT2D eigenvalue weighted by molar-refractivity contribution is 0.0756. The van der Waals surface area contributed by atoms with Gasteiger partial charge in [0.25, 0.3) is 5.91 Å². The van der Waals surface area contributed by atoms with Gasteiger partial charge in [0, 0.05) is 24.4 Å². The second-order valence-corrected chi connectivity index (χ2v) is 7.43. The number of hydrogen-bond acceptors (Lipinski definition) is 5. The van der Waals surface area contributed by atoms with E-state index in [9.17, 15) is 13.2 Å². The molecule has 1 aromatic rings. The lowest BCUT2D eigenvalue weighted by Crippen LogP contribution is -2.39. The van der Waals surface area contributed by atoms with Crippen LogP contribution in [0.15, 0.2) is 18.2 Å². The van der Waals surface area contributed by atoms with Crippen LogP contribution >= 0.6 is 0 Å². The molecule has 0 N–H and O–H groups in total. The van der Waals surface area contributed by atoms with Gasteiger partial charge in [-0.15, -0.1) is 0 Å². The third-order valence-corrected chi connectivity index (χ3v) is 5.41. The van der Waals surface area contributed by atoms with Crippen molar-refractivity contribution in [2.75, 3.05) is 25.3 Å². The van der Waals surface area contributed by atoms with Gasteiger partial charge in [0.15, 0.2) is 21.3 Å². The topological polar surface area (TPSA) is 72.9 Å². The van der Waals surface area contributed by atoms with E-state index in [1.165, 1.54) is 4.90 Å². The SMILES string of the molecule is CCS(=O)(=O)CC(C)N(C)C(=O)c1ccc2c(c1)OCO2. The Labute approximate surface area is 124 Å². The van der Waals surface area contributed by atoms with Crippen LogP contribution < -0.4 is 9.47 Å². The first-order chi connectivity index (χ1) is 9.84. The van der Waals surface area contributed by atoms with Crippen molar-refractivity contribution in [2.24, 2.45) is 0 Å². The molecule has 0 spiro atoms. The molecule has 0 saturated carbocycles. The summed E-state index contributed by atoms with van der Waals surface area (Å²) in [4.78, 5) is 13.8. The molecular weight excluding hydrogens is 294 g/mol. The smallest absolute Gasteiger partial charge is 0.254 e. The first-order valence-electron chi connectivity index (χ1n) is 6.71. The maximum atomic E-state index is 12.4. The van der Waals surface area contributed by atoms with E-state index in [1.54, 1.807) is 39.1 Å². The normalized spacial score (nSPS) is 14.8. The zero-order valence-corrected chi connectivity index (χ0v) is 13.1. The van der Waals surface area contributed by atoms with Crippen LogP contribution in [0.2, 0.25) is 0 Å². The molecule has 1 atom stereocenters. The molecule has 1 aliphatic heterocycles. The average Bonchev–Trinajstić information content (AvgIpc) is 2.92. The third kappa shape index (κ3) is 3.47. The second-order valence-electron chi connectivity index (χ2n) is 5.03. The predicted molar refractivity (Wildman–Crippen MR) is 78.4 cm³/mol. The molecule has 2 rings (SSSR count). The maximum absolute atomic E-state index is 12.4. The van der Waals surface area contributed by atoms with Gasteiger partial charge in [0.05, 0.1) is 5.75 Å². The monoisotopic (exact) mass is 313 g/mol. The number of fused-ring (bicyclic) bond motifs is 1. The highest BCUT2D eigenvalue weighted by Crippen LogP contribution is 2.32. The second kappa shape index (κ2) is 5.93. The minimum absolute atomic E-state index is 0.0453. The van der Waals surface area contributed by atoms with Gasteiger partial charge in [0.1, 0.15) is 0 Å². The Bertz CT molecular complexity index is 641. The minimum Gasteiger partial charge on any atom is -0.454 e. The summed E-state index contributed by atoms with van der Waals surface area (Å²) < 4.78 is 33.7. The summed E-state index contributed by atoms with van der Waals surface area (Å²) in [5.74, 6) is 0.922. The van der Waals surface area contributed by atoms with E-state index >= 15 is 0 Å². The Kier molecular flexibility index (Phi) is 4.41. The molecule has 0 aromatic heterocycles. The molecule has 1 unspecified atom stereocenters. The Balaban J connectivity index is 2.12. The fraction of sp³-hybridized carbons (Fsp3) is 0.500. The van der Waals surface area contributed by atoms with Crippen molar-refractivity contribution in [3.05, 3.63) is 23.8 Å². The maximum Gasteiger partial charge on any atom is 0.254 e. The van der Waals surface area contributed by atoms with Crippen LogP contribution in [0.25, 0.3) is 0 Å². The molecule has 0 saturated heterocycles. The van der Waals surface area contributed by atoms with E-state index in [0.717, 1.165) is 0 Å². The standard InChI is InChI=1S/C14H19NO5S/c1-4-21(17,18)8-10(2)15(3)14(16)11-5-6-12-13(7-11)20-9-19-12/h5-7,10H,4,8-9H2,1-3H3. The van der Waals surface area contributed by atoms with Gasteiger partial charge in [-0.2, -0.15) is 0 Å². The fourth-order valence-corrected chi connectivity index (χ4v) is 3.22. The molecule has 1 aliphatic rings. The molecule has 0 radical (unpaired) electrons. The van der Waals surface area contributed by atoms with Crippen LogP contribution in [0.5, 0.6) is 11.5 Å². The summed E-state index contributed by atoms with van der Waals surface area (Å²) >= 11 is 0. The van der Waals surface area contributed by atoms with Gasteiger partial charge in [-0.05, 0) is 25.1 Å². The summed E-state index contributed by atoms with van der Waals surface area (Å²) in [6.45, 7) is 3.47. The number of nitrogens with zero attached hydrogens (tertiary/aromatic N) is 1. The molecule has 0 fully saturated rings. The predicted octanol–water partition coefficient (Wildman–Crippen LogP) is 1.31. The molecule has 0 bridgehead atoms. The van der Waals surface area contributed by atoms with Crippen molar-refractivity contribution in [3.63, 3.8) is 0 Å². The Hall–Kier alpha value is -1.76. The number of carbonyl (C=O) groups is 1. The highest BCUT2D eigenvalue weighted by molar-refractivity contribution is 7.91. The van der Waals surface area contributed by atoms with E-state index in [0.29, 0.717) is 17.1 Å². The van der Waals surface area contributed by atoms with Gasteiger partial charge < -0.3 is 14.4 Å². The zero-order chi connectivity index (χ0) is 15.6. The minimum atomic E-state index is -3.13. The van der Waals surface area contributed by atoms with Crippen molar-refractivity contribution in [3.8, 4) is 11.5 Å². The van der Waals surface area contributed by atoms with E-state index < -0.39 is 15.9 Å². The van der Waals surface area contributed by atoms with Crippen LogP contribution in [-0.2, 0) is 9.84 Å². The van der Waals surface area contributed by atoms with Gasteiger partial charge >= 0.3 is 0 Å².